The molecule has 33 heavy (non-hydrogen) atoms. The van der Waals surface area contributed by atoms with Gasteiger partial charge in [0.25, 0.3) is 5.91 Å². The number of carbonyl (C=O) groups is 2. The second-order valence-corrected chi connectivity index (χ2v) is 7.96. The molecule has 1 aliphatic heterocycles. The van der Waals surface area contributed by atoms with E-state index in [4.69, 9.17) is 4.74 Å². The molecule has 2 amide bonds. The number of ether oxygens (including phenoxy) is 1. The summed E-state index contributed by atoms with van der Waals surface area (Å²) in [5, 5.41) is 0. The van der Waals surface area contributed by atoms with Crippen LogP contribution in [0.4, 0.5) is 0 Å². The molecule has 6 nitrogen and oxygen atoms in total. The lowest BCUT2D eigenvalue weighted by Gasteiger charge is -2.40. The maximum absolute atomic E-state index is 13.7. The van der Waals surface area contributed by atoms with Crippen molar-refractivity contribution in [2.45, 2.75) is 26.3 Å². The molecule has 2 heterocycles. The standard InChI is InChI=1S/C27H29N3O3/c1-3-29-17-18-30(26(31)23-11-7-8-12-25(23)33-4-2)24(27(29)32)19-21-9-5-6-10-22(21)20-13-15-28-16-14-20/h5-16,24H,3-4,17-19H2,1-2H3. The number of likely N-dealkylation sites (N-methyl/N-ethyl adjacent to an activating group) is 1. The molecule has 1 saturated heterocycles. The Hall–Kier alpha value is -3.67. The summed E-state index contributed by atoms with van der Waals surface area (Å²) in [7, 11) is 0. The topological polar surface area (TPSA) is 62.7 Å². The number of benzene rings is 2. The zero-order valence-corrected chi connectivity index (χ0v) is 19.1. The highest BCUT2D eigenvalue weighted by Crippen LogP contribution is 2.28. The van der Waals surface area contributed by atoms with Crippen molar-refractivity contribution >= 4 is 11.8 Å². The Balaban J connectivity index is 1.70. The summed E-state index contributed by atoms with van der Waals surface area (Å²) in [5.41, 5.74) is 3.60. The highest BCUT2D eigenvalue weighted by Gasteiger charge is 2.38. The van der Waals surface area contributed by atoms with Crippen molar-refractivity contribution in [1.82, 2.24) is 14.8 Å². The van der Waals surface area contributed by atoms with Crippen molar-refractivity contribution in [2.24, 2.45) is 0 Å². The smallest absolute Gasteiger partial charge is 0.258 e. The van der Waals surface area contributed by atoms with Gasteiger partial charge in [-0.1, -0.05) is 36.4 Å². The molecule has 0 saturated carbocycles. The molecule has 1 unspecified atom stereocenters. The van der Waals surface area contributed by atoms with E-state index in [1.165, 1.54) is 0 Å². The molecule has 1 atom stereocenters. The maximum atomic E-state index is 13.7. The zero-order valence-electron chi connectivity index (χ0n) is 19.1. The molecule has 1 fully saturated rings. The first-order valence-electron chi connectivity index (χ1n) is 11.4. The Labute approximate surface area is 194 Å². The lowest BCUT2D eigenvalue weighted by Crippen LogP contribution is -2.59. The lowest BCUT2D eigenvalue weighted by molar-refractivity contribution is -0.139. The predicted molar refractivity (Wildman–Crippen MR) is 128 cm³/mol. The SMILES string of the molecule is CCOc1ccccc1C(=O)N1CCN(CC)C(=O)C1Cc1ccccc1-c1ccncc1. The van der Waals surface area contributed by atoms with Crippen LogP contribution in [0, 0.1) is 0 Å². The van der Waals surface area contributed by atoms with Crippen molar-refractivity contribution in [3.63, 3.8) is 0 Å². The Morgan fingerprint density at radius 3 is 2.48 bits per heavy atom. The minimum absolute atomic E-state index is 0.0180. The largest absolute Gasteiger partial charge is 0.493 e. The molecular weight excluding hydrogens is 414 g/mol. The van der Waals surface area contributed by atoms with Crippen molar-refractivity contribution in [3.05, 3.63) is 84.2 Å². The average Bonchev–Trinajstić information content (AvgIpc) is 2.86. The van der Waals surface area contributed by atoms with Gasteiger partial charge in [0.2, 0.25) is 5.91 Å². The summed E-state index contributed by atoms with van der Waals surface area (Å²) in [6, 6.07) is 18.6. The summed E-state index contributed by atoms with van der Waals surface area (Å²) < 4.78 is 5.70. The number of hydrogen-bond acceptors (Lipinski definition) is 4. The van der Waals surface area contributed by atoms with E-state index in [2.05, 4.69) is 4.98 Å². The molecule has 170 valence electrons. The Morgan fingerprint density at radius 1 is 1.00 bits per heavy atom. The summed E-state index contributed by atoms with van der Waals surface area (Å²) >= 11 is 0. The van der Waals surface area contributed by atoms with Crippen LogP contribution in [-0.4, -0.2) is 58.9 Å². The molecule has 1 aliphatic rings. The van der Waals surface area contributed by atoms with Crippen molar-refractivity contribution < 1.29 is 14.3 Å². The number of carbonyl (C=O) groups excluding carboxylic acids is 2. The van der Waals surface area contributed by atoms with E-state index >= 15 is 0 Å². The molecule has 4 rings (SSSR count). The normalized spacial score (nSPS) is 16.1. The van der Waals surface area contributed by atoms with Crippen LogP contribution in [0.5, 0.6) is 5.75 Å². The van der Waals surface area contributed by atoms with Crippen LogP contribution in [0.2, 0.25) is 0 Å². The third-order valence-electron chi connectivity index (χ3n) is 6.07. The fourth-order valence-corrected chi connectivity index (χ4v) is 4.39. The van der Waals surface area contributed by atoms with Gasteiger partial charge in [0.05, 0.1) is 12.2 Å². The third-order valence-corrected chi connectivity index (χ3v) is 6.07. The van der Waals surface area contributed by atoms with E-state index < -0.39 is 6.04 Å². The fourth-order valence-electron chi connectivity index (χ4n) is 4.39. The highest BCUT2D eigenvalue weighted by molar-refractivity contribution is 6.00. The first-order valence-corrected chi connectivity index (χ1v) is 11.4. The number of piperazine rings is 1. The summed E-state index contributed by atoms with van der Waals surface area (Å²) in [5.74, 6) is 0.358. The van der Waals surface area contributed by atoms with Crippen LogP contribution in [-0.2, 0) is 11.2 Å². The van der Waals surface area contributed by atoms with Gasteiger partial charge >= 0.3 is 0 Å². The van der Waals surface area contributed by atoms with Gasteiger partial charge in [-0.15, -0.1) is 0 Å². The molecule has 6 heteroatoms. The molecule has 0 N–H and O–H groups in total. The second kappa shape index (κ2) is 10.3. The van der Waals surface area contributed by atoms with E-state index in [0.717, 1.165) is 16.7 Å². The van der Waals surface area contributed by atoms with Gasteiger partial charge in [-0.25, -0.2) is 0 Å². The third kappa shape index (κ3) is 4.75. The first-order chi connectivity index (χ1) is 16.1. The van der Waals surface area contributed by atoms with Crippen LogP contribution in [0.3, 0.4) is 0 Å². The van der Waals surface area contributed by atoms with Crippen LogP contribution >= 0.6 is 0 Å². The van der Waals surface area contributed by atoms with Crippen molar-refractivity contribution in [2.75, 3.05) is 26.2 Å². The Morgan fingerprint density at radius 2 is 1.73 bits per heavy atom. The molecule has 3 aromatic rings. The van der Waals surface area contributed by atoms with E-state index in [0.29, 0.717) is 44.0 Å². The van der Waals surface area contributed by atoms with Crippen LogP contribution < -0.4 is 4.74 Å². The van der Waals surface area contributed by atoms with E-state index in [1.807, 2.05) is 67.3 Å². The number of nitrogens with zero attached hydrogens (tertiary/aromatic N) is 3. The quantitative estimate of drug-likeness (QED) is 0.552. The molecule has 0 bridgehead atoms. The molecule has 0 aliphatic carbocycles. The minimum atomic E-state index is -0.580. The molecule has 2 aromatic carbocycles. The van der Waals surface area contributed by atoms with Gasteiger partial charge in [0.15, 0.2) is 0 Å². The molecule has 0 radical (unpaired) electrons. The second-order valence-electron chi connectivity index (χ2n) is 7.96. The van der Waals surface area contributed by atoms with E-state index in [9.17, 15) is 9.59 Å². The Bertz CT molecular complexity index is 1120. The molecule has 1 aromatic heterocycles. The highest BCUT2D eigenvalue weighted by atomic mass is 16.5. The fraction of sp³-hybridized carbons (Fsp3) is 0.296. The average molecular weight is 444 g/mol. The van der Waals surface area contributed by atoms with Gasteiger partial charge in [-0.2, -0.15) is 0 Å². The van der Waals surface area contributed by atoms with Gasteiger partial charge < -0.3 is 14.5 Å². The number of aromatic nitrogens is 1. The monoisotopic (exact) mass is 443 g/mol. The van der Waals surface area contributed by atoms with Crippen LogP contribution in [0.15, 0.2) is 73.1 Å². The van der Waals surface area contributed by atoms with Crippen molar-refractivity contribution in [1.29, 1.82) is 0 Å². The van der Waals surface area contributed by atoms with Crippen molar-refractivity contribution in [3.8, 4) is 16.9 Å². The Kier molecular flexibility index (Phi) is 7.03. The molecule has 0 spiro atoms. The summed E-state index contributed by atoms with van der Waals surface area (Å²) in [6.45, 7) is 5.97. The summed E-state index contributed by atoms with van der Waals surface area (Å²) in [6.07, 6.45) is 3.96. The first kappa shape index (κ1) is 22.5. The van der Waals surface area contributed by atoms with Crippen LogP contribution in [0.25, 0.3) is 11.1 Å². The van der Waals surface area contributed by atoms with Crippen LogP contribution in [0.1, 0.15) is 29.8 Å². The maximum Gasteiger partial charge on any atom is 0.258 e. The van der Waals surface area contributed by atoms with E-state index in [1.54, 1.807) is 29.4 Å². The van der Waals surface area contributed by atoms with Gasteiger partial charge in [0, 0.05) is 38.4 Å². The van der Waals surface area contributed by atoms with Gasteiger partial charge in [-0.05, 0) is 54.8 Å². The lowest BCUT2D eigenvalue weighted by atomic mass is 9.93. The van der Waals surface area contributed by atoms with E-state index in [-0.39, 0.29) is 11.8 Å². The number of rotatable bonds is 7. The number of para-hydroxylation sites is 1. The number of hydrogen-bond donors (Lipinski definition) is 0. The zero-order chi connectivity index (χ0) is 23.2. The number of amides is 2. The minimum Gasteiger partial charge on any atom is -0.493 e. The molecular formula is C27H29N3O3. The number of pyridine rings is 1. The van der Waals surface area contributed by atoms with Gasteiger partial charge in [-0.3, -0.25) is 14.6 Å². The predicted octanol–water partition coefficient (Wildman–Crippen LogP) is 4.06. The van der Waals surface area contributed by atoms with Gasteiger partial charge in [0.1, 0.15) is 11.8 Å². The summed E-state index contributed by atoms with van der Waals surface area (Å²) in [4.78, 5) is 34.8.